The second-order valence-electron chi connectivity index (χ2n) is 4.60. The molecular weight excluding hydrogens is 200 g/mol. The Labute approximate surface area is 96.0 Å². The molecule has 3 heteroatoms. The second-order valence-corrected chi connectivity index (χ2v) is 4.60. The Morgan fingerprint density at radius 1 is 1.31 bits per heavy atom. The lowest BCUT2D eigenvalue weighted by Gasteiger charge is -2.28. The van der Waals surface area contributed by atoms with Crippen molar-refractivity contribution in [2.45, 2.75) is 19.3 Å². The van der Waals surface area contributed by atoms with Crippen molar-refractivity contribution in [1.29, 1.82) is 0 Å². The molecule has 0 spiro atoms. The molecule has 1 heterocycles. The van der Waals surface area contributed by atoms with E-state index in [1.807, 2.05) is 0 Å². The van der Waals surface area contributed by atoms with Gasteiger partial charge in [-0.15, -0.1) is 0 Å². The van der Waals surface area contributed by atoms with Gasteiger partial charge in [0.2, 0.25) is 5.91 Å². The summed E-state index contributed by atoms with van der Waals surface area (Å²) in [5.41, 5.74) is 7.91. The van der Waals surface area contributed by atoms with Gasteiger partial charge in [-0.1, -0.05) is 29.8 Å². The normalized spacial score (nSPS) is 25.3. The molecule has 1 aromatic rings. The van der Waals surface area contributed by atoms with Crippen molar-refractivity contribution in [2.75, 3.05) is 13.1 Å². The molecule has 0 unspecified atom stereocenters. The second kappa shape index (κ2) is 4.66. The van der Waals surface area contributed by atoms with Crippen LogP contribution in [0.15, 0.2) is 24.3 Å². The summed E-state index contributed by atoms with van der Waals surface area (Å²) < 4.78 is 0. The molecule has 1 aliphatic rings. The van der Waals surface area contributed by atoms with Crippen LogP contribution in [0, 0.1) is 12.8 Å². The van der Waals surface area contributed by atoms with Crippen LogP contribution in [0.25, 0.3) is 0 Å². The van der Waals surface area contributed by atoms with Gasteiger partial charge in [0.1, 0.15) is 0 Å². The highest BCUT2D eigenvalue weighted by Crippen LogP contribution is 2.26. The van der Waals surface area contributed by atoms with Crippen LogP contribution in [0.3, 0.4) is 0 Å². The molecule has 1 aliphatic heterocycles. The molecule has 16 heavy (non-hydrogen) atoms. The maximum atomic E-state index is 11.2. The van der Waals surface area contributed by atoms with Gasteiger partial charge in [-0.25, -0.2) is 0 Å². The number of hydrogen-bond donors (Lipinski definition) is 2. The van der Waals surface area contributed by atoms with Crippen LogP contribution in [0.4, 0.5) is 0 Å². The first-order valence-corrected chi connectivity index (χ1v) is 5.73. The highest BCUT2D eigenvalue weighted by molar-refractivity contribution is 5.77. The molecule has 86 valence electrons. The SMILES string of the molecule is Cc1ccc([C@H]2CNC[C@H](C(N)=O)C2)cc1. The van der Waals surface area contributed by atoms with Gasteiger partial charge in [0.15, 0.2) is 0 Å². The summed E-state index contributed by atoms with van der Waals surface area (Å²) >= 11 is 0. The summed E-state index contributed by atoms with van der Waals surface area (Å²) in [6.07, 6.45) is 0.866. The number of hydrogen-bond acceptors (Lipinski definition) is 2. The van der Waals surface area contributed by atoms with Gasteiger partial charge < -0.3 is 11.1 Å². The van der Waals surface area contributed by atoms with E-state index in [1.54, 1.807) is 0 Å². The quantitative estimate of drug-likeness (QED) is 0.783. The van der Waals surface area contributed by atoms with Crippen molar-refractivity contribution in [2.24, 2.45) is 11.7 Å². The Kier molecular flexibility index (Phi) is 3.25. The van der Waals surface area contributed by atoms with E-state index in [-0.39, 0.29) is 11.8 Å². The summed E-state index contributed by atoms with van der Waals surface area (Å²) in [7, 11) is 0. The van der Waals surface area contributed by atoms with Crippen LogP contribution in [-0.4, -0.2) is 19.0 Å². The summed E-state index contributed by atoms with van der Waals surface area (Å²) in [5, 5.41) is 3.28. The summed E-state index contributed by atoms with van der Waals surface area (Å²) in [6.45, 7) is 3.74. The van der Waals surface area contributed by atoms with Crippen molar-refractivity contribution in [1.82, 2.24) is 5.32 Å². The number of benzene rings is 1. The predicted octanol–water partition coefficient (Wildman–Crippen LogP) is 1.17. The number of amides is 1. The molecule has 0 aromatic heterocycles. The minimum atomic E-state index is -0.190. The van der Waals surface area contributed by atoms with Gasteiger partial charge in [-0.2, -0.15) is 0 Å². The van der Waals surface area contributed by atoms with Gasteiger partial charge in [-0.3, -0.25) is 4.79 Å². The number of primary amides is 1. The smallest absolute Gasteiger partial charge is 0.221 e. The Hall–Kier alpha value is -1.35. The van der Waals surface area contributed by atoms with E-state index in [2.05, 4.69) is 36.5 Å². The van der Waals surface area contributed by atoms with E-state index >= 15 is 0 Å². The van der Waals surface area contributed by atoms with Crippen LogP contribution >= 0.6 is 0 Å². The zero-order valence-electron chi connectivity index (χ0n) is 9.57. The first kappa shape index (κ1) is 11.1. The van der Waals surface area contributed by atoms with Crippen LogP contribution in [0.2, 0.25) is 0 Å². The molecule has 2 rings (SSSR count). The first-order valence-electron chi connectivity index (χ1n) is 5.73. The van der Waals surface area contributed by atoms with Crippen LogP contribution in [0.1, 0.15) is 23.5 Å². The summed E-state index contributed by atoms with van der Waals surface area (Å²) in [5.74, 6) is 0.191. The molecule has 0 bridgehead atoms. The highest BCUT2D eigenvalue weighted by atomic mass is 16.1. The molecule has 0 radical (unpaired) electrons. The lowest BCUT2D eigenvalue weighted by molar-refractivity contribution is -0.122. The van der Waals surface area contributed by atoms with Gasteiger partial charge in [0, 0.05) is 13.1 Å². The first-order chi connectivity index (χ1) is 7.66. The van der Waals surface area contributed by atoms with Crippen LogP contribution in [-0.2, 0) is 4.79 Å². The van der Waals surface area contributed by atoms with Crippen LogP contribution < -0.4 is 11.1 Å². The third kappa shape index (κ3) is 2.42. The number of aryl methyl sites for hydroxylation is 1. The third-order valence-electron chi connectivity index (χ3n) is 3.30. The highest BCUT2D eigenvalue weighted by Gasteiger charge is 2.26. The van der Waals surface area contributed by atoms with E-state index in [4.69, 9.17) is 5.73 Å². The molecule has 2 atom stereocenters. The Morgan fingerprint density at radius 3 is 2.62 bits per heavy atom. The monoisotopic (exact) mass is 218 g/mol. The fourth-order valence-electron chi connectivity index (χ4n) is 2.25. The molecule has 0 saturated carbocycles. The van der Waals surface area contributed by atoms with Crippen molar-refractivity contribution in [3.63, 3.8) is 0 Å². The molecular formula is C13H18N2O. The molecule has 1 fully saturated rings. The molecule has 0 aliphatic carbocycles. The van der Waals surface area contributed by atoms with E-state index in [9.17, 15) is 4.79 Å². The van der Waals surface area contributed by atoms with Crippen molar-refractivity contribution in [3.05, 3.63) is 35.4 Å². The summed E-state index contributed by atoms with van der Waals surface area (Å²) in [4.78, 5) is 11.2. The average molecular weight is 218 g/mol. The Bertz CT molecular complexity index is 372. The largest absolute Gasteiger partial charge is 0.369 e. The minimum Gasteiger partial charge on any atom is -0.369 e. The van der Waals surface area contributed by atoms with Gasteiger partial charge in [0.25, 0.3) is 0 Å². The van der Waals surface area contributed by atoms with Gasteiger partial charge in [-0.05, 0) is 24.8 Å². The van der Waals surface area contributed by atoms with E-state index < -0.39 is 0 Å². The zero-order chi connectivity index (χ0) is 11.5. The number of rotatable bonds is 2. The molecule has 1 saturated heterocycles. The lowest BCUT2D eigenvalue weighted by Crippen LogP contribution is -2.41. The predicted molar refractivity (Wildman–Crippen MR) is 64.1 cm³/mol. The fourth-order valence-corrected chi connectivity index (χ4v) is 2.25. The molecule has 1 aromatic carbocycles. The lowest BCUT2D eigenvalue weighted by atomic mass is 9.85. The maximum Gasteiger partial charge on any atom is 0.221 e. The van der Waals surface area contributed by atoms with Crippen LogP contribution in [0.5, 0.6) is 0 Å². The number of nitrogens with two attached hydrogens (primary N) is 1. The van der Waals surface area contributed by atoms with E-state index in [1.165, 1.54) is 11.1 Å². The summed E-state index contributed by atoms with van der Waals surface area (Å²) in [6, 6.07) is 8.52. The zero-order valence-corrected chi connectivity index (χ0v) is 9.57. The molecule has 1 amide bonds. The molecule has 3 nitrogen and oxygen atoms in total. The third-order valence-corrected chi connectivity index (χ3v) is 3.30. The van der Waals surface area contributed by atoms with Gasteiger partial charge in [0.05, 0.1) is 5.92 Å². The Balaban J connectivity index is 2.09. The van der Waals surface area contributed by atoms with E-state index in [0.717, 1.165) is 19.5 Å². The number of piperidine rings is 1. The minimum absolute atomic E-state index is 0.0277. The van der Waals surface area contributed by atoms with Crippen molar-refractivity contribution in [3.8, 4) is 0 Å². The fraction of sp³-hybridized carbons (Fsp3) is 0.462. The maximum absolute atomic E-state index is 11.2. The average Bonchev–Trinajstić information content (AvgIpc) is 2.30. The Morgan fingerprint density at radius 2 is 2.00 bits per heavy atom. The molecule has 3 N–H and O–H groups in total. The topological polar surface area (TPSA) is 55.1 Å². The standard InChI is InChI=1S/C13H18N2O/c1-9-2-4-10(5-3-9)11-6-12(13(14)16)8-15-7-11/h2-5,11-12,15H,6-8H2,1H3,(H2,14,16)/t11-,12-/m1/s1. The number of nitrogens with one attached hydrogen (secondary N) is 1. The number of carbonyl (C=O) groups is 1. The number of carbonyl (C=O) groups excluding carboxylic acids is 1. The van der Waals surface area contributed by atoms with Crippen molar-refractivity contribution < 1.29 is 4.79 Å². The van der Waals surface area contributed by atoms with Crippen molar-refractivity contribution >= 4 is 5.91 Å². The van der Waals surface area contributed by atoms with Gasteiger partial charge >= 0.3 is 0 Å². The van der Waals surface area contributed by atoms with E-state index in [0.29, 0.717) is 5.92 Å².